The molecule has 5 rings (SSSR count). The van der Waals surface area contributed by atoms with Gasteiger partial charge in [-0.05, 0) is 72.9 Å². The van der Waals surface area contributed by atoms with Crippen molar-refractivity contribution in [1.29, 1.82) is 0 Å². The van der Waals surface area contributed by atoms with Crippen LogP contribution in [0.15, 0.2) is 72.8 Å². The number of aryl methyl sites for hydroxylation is 1. The number of aromatic nitrogens is 2. The topological polar surface area (TPSA) is 96.3 Å². The first-order chi connectivity index (χ1) is 18.9. The summed E-state index contributed by atoms with van der Waals surface area (Å²) >= 11 is 0. The third-order valence-electron chi connectivity index (χ3n) is 7.22. The molecule has 0 radical (unpaired) electrons. The quantitative estimate of drug-likeness (QED) is 0.252. The summed E-state index contributed by atoms with van der Waals surface area (Å²) in [6.45, 7) is 2.29. The zero-order valence-corrected chi connectivity index (χ0v) is 21.8. The standard InChI is InChI=1S/C31H31FN4O3/c1-2-20-7-11-23(12-8-20)30(38)34-25-15-16-26(29(37)17-25)27-18-28(22-5-3-4-6-22)36(35-27)31(39)33-19-21-9-13-24(32)14-10-21/h7-18,22,37H,2-6,19H2,1H3,(H,33,39)(H,34,38). The number of carbonyl (C=O) groups is 2. The zero-order valence-electron chi connectivity index (χ0n) is 21.8. The van der Waals surface area contributed by atoms with Crippen molar-refractivity contribution in [2.75, 3.05) is 5.32 Å². The first-order valence-electron chi connectivity index (χ1n) is 13.3. The van der Waals surface area contributed by atoms with E-state index >= 15 is 0 Å². The van der Waals surface area contributed by atoms with E-state index in [0.29, 0.717) is 22.5 Å². The van der Waals surface area contributed by atoms with E-state index in [1.165, 1.54) is 22.9 Å². The first kappa shape index (κ1) is 26.2. The molecule has 3 N–H and O–H groups in total. The molecule has 0 spiro atoms. The molecule has 0 bridgehead atoms. The number of aromatic hydroxyl groups is 1. The van der Waals surface area contributed by atoms with Gasteiger partial charge in [0.05, 0.1) is 11.4 Å². The van der Waals surface area contributed by atoms with Gasteiger partial charge in [0, 0.05) is 35.3 Å². The Morgan fingerprint density at radius 3 is 2.33 bits per heavy atom. The van der Waals surface area contributed by atoms with Gasteiger partial charge in [-0.1, -0.05) is 44.0 Å². The smallest absolute Gasteiger partial charge is 0.342 e. The van der Waals surface area contributed by atoms with Crippen LogP contribution in [0.2, 0.25) is 0 Å². The van der Waals surface area contributed by atoms with Crippen molar-refractivity contribution in [1.82, 2.24) is 15.1 Å². The van der Waals surface area contributed by atoms with Crippen LogP contribution in [0.1, 0.15) is 65.7 Å². The van der Waals surface area contributed by atoms with E-state index in [0.717, 1.165) is 48.9 Å². The summed E-state index contributed by atoms with van der Waals surface area (Å²) in [4.78, 5) is 25.8. The predicted molar refractivity (Wildman–Crippen MR) is 148 cm³/mol. The second kappa shape index (κ2) is 11.5. The minimum absolute atomic E-state index is 0.0523. The van der Waals surface area contributed by atoms with E-state index in [9.17, 15) is 19.1 Å². The lowest BCUT2D eigenvalue weighted by Gasteiger charge is -2.12. The summed E-state index contributed by atoms with van der Waals surface area (Å²) in [5.41, 5.74) is 4.64. The highest BCUT2D eigenvalue weighted by atomic mass is 19.1. The minimum Gasteiger partial charge on any atom is -0.507 e. The minimum atomic E-state index is -0.384. The van der Waals surface area contributed by atoms with Crippen molar-refractivity contribution < 1.29 is 19.1 Å². The van der Waals surface area contributed by atoms with Gasteiger partial charge in [-0.3, -0.25) is 4.79 Å². The number of nitrogens with one attached hydrogen (secondary N) is 2. The molecule has 39 heavy (non-hydrogen) atoms. The van der Waals surface area contributed by atoms with Gasteiger partial charge in [0.25, 0.3) is 5.91 Å². The lowest BCUT2D eigenvalue weighted by molar-refractivity contribution is 0.102. The number of hydrogen-bond acceptors (Lipinski definition) is 4. The summed E-state index contributed by atoms with van der Waals surface area (Å²) in [6.07, 6.45) is 5.00. The molecule has 1 fully saturated rings. The van der Waals surface area contributed by atoms with Crippen molar-refractivity contribution >= 4 is 17.6 Å². The molecule has 1 heterocycles. The Labute approximate surface area is 226 Å². The summed E-state index contributed by atoms with van der Waals surface area (Å²) in [7, 11) is 0. The van der Waals surface area contributed by atoms with Crippen molar-refractivity contribution in [3.63, 3.8) is 0 Å². The molecule has 0 unspecified atom stereocenters. The fourth-order valence-electron chi connectivity index (χ4n) is 4.98. The number of hydrogen-bond donors (Lipinski definition) is 3. The molecule has 1 aliphatic rings. The Kier molecular flexibility index (Phi) is 7.72. The third-order valence-corrected chi connectivity index (χ3v) is 7.22. The van der Waals surface area contributed by atoms with E-state index in [1.807, 2.05) is 18.2 Å². The van der Waals surface area contributed by atoms with E-state index < -0.39 is 0 Å². The van der Waals surface area contributed by atoms with Gasteiger partial charge in [-0.2, -0.15) is 9.78 Å². The third kappa shape index (κ3) is 6.00. The van der Waals surface area contributed by atoms with E-state index in [2.05, 4.69) is 22.7 Å². The first-order valence-corrected chi connectivity index (χ1v) is 13.3. The van der Waals surface area contributed by atoms with Gasteiger partial charge < -0.3 is 15.7 Å². The highest BCUT2D eigenvalue weighted by Crippen LogP contribution is 2.38. The van der Waals surface area contributed by atoms with Gasteiger partial charge in [0.1, 0.15) is 11.6 Å². The van der Waals surface area contributed by atoms with Crippen LogP contribution in [-0.4, -0.2) is 26.8 Å². The van der Waals surface area contributed by atoms with Crippen LogP contribution < -0.4 is 10.6 Å². The Morgan fingerprint density at radius 1 is 0.974 bits per heavy atom. The maximum Gasteiger partial charge on any atom is 0.342 e. The number of phenolic OH excluding ortho intramolecular Hbond substituents is 1. The molecule has 0 aliphatic heterocycles. The molecular weight excluding hydrogens is 495 g/mol. The molecular formula is C31H31FN4O3. The largest absolute Gasteiger partial charge is 0.507 e. The maximum absolute atomic E-state index is 13.2. The van der Waals surface area contributed by atoms with Gasteiger partial charge >= 0.3 is 6.03 Å². The number of phenols is 1. The van der Waals surface area contributed by atoms with Crippen LogP contribution in [0.25, 0.3) is 11.3 Å². The molecule has 1 aromatic heterocycles. The molecule has 3 aromatic carbocycles. The van der Waals surface area contributed by atoms with Crippen molar-refractivity contribution in [2.45, 2.75) is 51.5 Å². The molecule has 2 amide bonds. The number of amides is 2. The van der Waals surface area contributed by atoms with Crippen molar-refractivity contribution in [3.05, 3.63) is 101 Å². The Balaban J connectivity index is 1.35. The van der Waals surface area contributed by atoms with Crippen LogP contribution in [-0.2, 0) is 13.0 Å². The Bertz CT molecular complexity index is 1470. The lowest BCUT2D eigenvalue weighted by Crippen LogP contribution is -2.30. The normalized spacial score (nSPS) is 13.4. The number of halogens is 1. The lowest BCUT2D eigenvalue weighted by atomic mass is 10.0. The van der Waals surface area contributed by atoms with Gasteiger partial charge in [0.2, 0.25) is 0 Å². The summed E-state index contributed by atoms with van der Waals surface area (Å²) < 4.78 is 14.6. The molecule has 200 valence electrons. The monoisotopic (exact) mass is 526 g/mol. The number of nitrogens with zero attached hydrogens (tertiary/aromatic N) is 2. The fraction of sp³-hybridized carbons (Fsp3) is 0.258. The zero-order chi connectivity index (χ0) is 27.4. The maximum atomic E-state index is 13.2. The van der Waals surface area contributed by atoms with E-state index in [4.69, 9.17) is 0 Å². The average Bonchev–Trinajstić information content (AvgIpc) is 3.63. The van der Waals surface area contributed by atoms with E-state index in [1.54, 1.807) is 36.4 Å². The van der Waals surface area contributed by atoms with Gasteiger partial charge in [0.15, 0.2) is 0 Å². The highest BCUT2D eigenvalue weighted by Gasteiger charge is 2.26. The molecule has 1 saturated carbocycles. The summed E-state index contributed by atoms with van der Waals surface area (Å²) in [5, 5.41) is 21.1. The van der Waals surface area contributed by atoms with Crippen LogP contribution in [0.5, 0.6) is 5.75 Å². The van der Waals surface area contributed by atoms with Crippen LogP contribution in [0.4, 0.5) is 14.9 Å². The van der Waals surface area contributed by atoms with Gasteiger partial charge in [-0.15, -0.1) is 0 Å². The summed E-state index contributed by atoms with van der Waals surface area (Å²) in [5.74, 6) is -0.456. The molecule has 8 heteroatoms. The van der Waals surface area contributed by atoms with E-state index in [-0.39, 0.29) is 36.0 Å². The Hall–Kier alpha value is -4.46. The number of benzene rings is 3. The SMILES string of the molecule is CCc1ccc(C(=O)Nc2ccc(-c3cc(C4CCCC4)n(C(=O)NCc4ccc(F)cc4)n3)c(O)c2)cc1. The molecule has 0 atom stereocenters. The van der Waals surface area contributed by atoms with Crippen molar-refractivity contribution in [3.8, 4) is 17.0 Å². The van der Waals surface area contributed by atoms with Gasteiger partial charge in [-0.25, -0.2) is 9.18 Å². The molecule has 4 aromatic rings. The van der Waals surface area contributed by atoms with Crippen LogP contribution in [0, 0.1) is 5.82 Å². The number of anilines is 1. The molecule has 7 nitrogen and oxygen atoms in total. The fourth-order valence-corrected chi connectivity index (χ4v) is 4.98. The number of rotatable bonds is 7. The summed E-state index contributed by atoms with van der Waals surface area (Å²) in [6, 6.07) is 19.7. The second-order valence-electron chi connectivity index (χ2n) is 9.87. The predicted octanol–water partition coefficient (Wildman–Crippen LogP) is 6.63. The average molecular weight is 527 g/mol. The molecule has 1 aliphatic carbocycles. The van der Waals surface area contributed by atoms with Crippen LogP contribution >= 0.6 is 0 Å². The van der Waals surface area contributed by atoms with Crippen molar-refractivity contribution in [2.24, 2.45) is 0 Å². The second-order valence-corrected chi connectivity index (χ2v) is 9.87. The molecule has 0 saturated heterocycles. The Morgan fingerprint density at radius 2 is 1.67 bits per heavy atom. The van der Waals surface area contributed by atoms with Crippen LogP contribution in [0.3, 0.4) is 0 Å². The number of carbonyl (C=O) groups excluding carboxylic acids is 2. The highest BCUT2D eigenvalue weighted by molar-refractivity contribution is 6.04.